The highest BCUT2D eigenvalue weighted by Gasteiger charge is 2.21. The molecular formula is C19H21N5O4S2. The molecule has 1 N–H and O–H groups in total. The van der Waals surface area contributed by atoms with E-state index in [0.29, 0.717) is 11.5 Å². The van der Waals surface area contributed by atoms with Crippen LogP contribution in [0.1, 0.15) is 12.2 Å². The first-order chi connectivity index (χ1) is 14.2. The topological polar surface area (TPSA) is 114 Å². The van der Waals surface area contributed by atoms with Crippen LogP contribution in [-0.4, -0.2) is 50.0 Å². The summed E-state index contributed by atoms with van der Waals surface area (Å²) in [6.07, 6.45) is 1.91. The van der Waals surface area contributed by atoms with E-state index in [-0.39, 0.29) is 9.79 Å². The van der Waals surface area contributed by atoms with Gasteiger partial charge in [0, 0.05) is 38.3 Å². The standard InChI is InChI=1S/C19H21N5O4S2/c1-23(2)30(27,28)17-10-8-16(9-11-17)29(25,26)22-15-6-3-5-14(13-15)19-21-20-18-7-4-12-24(18)19/h3,5-6,8-11,13,22H,4,7,12H2,1-2H3. The highest BCUT2D eigenvalue weighted by Crippen LogP contribution is 2.26. The van der Waals surface area contributed by atoms with Gasteiger partial charge in [0.2, 0.25) is 10.0 Å². The second-order valence-corrected chi connectivity index (χ2v) is 11.0. The minimum absolute atomic E-state index is 0.0223. The van der Waals surface area contributed by atoms with Crippen LogP contribution in [0.4, 0.5) is 5.69 Å². The summed E-state index contributed by atoms with van der Waals surface area (Å²) in [5, 5.41) is 8.41. The summed E-state index contributed by atoms with van der Waals surface area (Å²) in [5.41, 5.74) is 1.15. The molecule has 0 unspecified atom stereocenters. The molecule has 0 radical (unpaired) electrons. The average molecular weight is 448 g/mol. The Morgan fingerprint density at radius 2 is 1.67 bits per heavy atom. The van der Waals surface area contributed by atoms with Crippen molar-refractivity contribution < 1.29 is 16.8 Å². The van der Waals surface area contributed by atoms with Crippen LogP contribution in [0.25, 0.3) is 11.4 Å². The van der Waals surface area contributed by atoms with Crippen molar-refractivity contribution in [3.8, 4) is 11.4 Å². The van der Waals surface area contributed by atoms with Crippen molar-refractivity contribution >= 4 is 25.7 Å². The summed E-state index contributed by atoms with van der Waals surface area (Å²) in [6.45, 7) is 0.843. The fourth-order valence-corrected chi connectivity index (χ4v) is 5.25. The fraction of sp³-hybridized carbons (Fsp3) is 0.263. The van der Waals surface area contributed by atoms with E-state index in [1.54, 1.807) is 18.2 Å². The van der Waals surface area contributed by atoms with E-state index in [0.717, 1.165) is 35.1 Å². The lowest BCUT2D eigenvalue weighted by Gasteiger charge is -2.13. The number of hydrogen-bond donors (Lipinski definition) is 1. The Morgan fingerprint density at radius 3 is 2.37 bits per heavy atom. The molecule has 1 aliphatic heterocycles. The normalized spacial score (nSPS) is 14.1. The molecule has 0 saturated heterocycles. The van der Waals surface area contributed by atoms with E-state index in [1.807, 2.05) is 10.6 Å². The van der Waals surface area contributed by atoms with Crippen molar-refractivity contribution in [3.63, 3.8) is 0 Å². The van der Waals surface area contributed by atoms with E-state index in [1.165, 1.54) is 38.4 Å². The molecule has 11 heteroatoms. The molecular weight excluding hydrogens is 426 g/mol. The molecule has 1 aromatic heterocycles. The summed E-state index contributed by atoms with van der Waals surface area (Å²) in [5.74, 6) is 1.64. The molecule has 30 heavy (non-hydrogen) atoms. The molecule has 0 atom stereocenters. The van der Waals surface area contributed by atoms with Crippen molar-refractivity contribution in [2.24, 2.45) is 0 Å². The van der Waals surface area contributed by atoms with Gasteiger partial charge in [0.05, 0.1) is 9.79 Å². The SMILES string of the molecule is CN(C)S(=O)(=O)c1ccc(S(=O)(=O)Nc2cccc(-c3nnc4n3CCC4)c2)cc1. The number of fused-ring (bicyclic) bond motifs is 1. The van der Waals surface area contributed by atoms with Crippen molar-refractivity contribution in [2.75, 3.05) is 18.8 Å². The molecule has 4 rings (SSSR count). The second kappa shape index (κ2) is 7.49. The predicted octanol–water partition coefficient (Wildman–Crippen LogP) is 1.94. The zero-order chi connectivity index (χ0) is 21.5. The number of sulfonamides is 2. The van der Waals surface area contributed by atoms with Gasteiger partial charge < -0.3 is 4.57 Å². The van der Waals surface area contributed by atoms with Gasteiger partial charge in [0.25, 0.3) is 10.0 Å². The Labute approximate surface area is 175 Å². The van der Waals surface area contributed by atoms with E-state index >= 15 is 0 Å². The number of aryl methyl sites for hydroxylation is 1. The van der Waals surface area contributed by atoms with Crippen LogP contribution < -0.4 is 4.72 Å². The zero-order valence-corrected chi connectivity index (χ0v) is 18.1. The number of anilines is 1. The number of nitrogens with one attached hydrogen (secondary N) is 1. The number of hydrogen-bond acceptors (Lipinski definition) is 6. The Morgan fingerprint density at radius 1 is 0.967 bits per heavy atom. The van der Waals surface area contributed by atoms with Crippen molar-refractivity contribution in [3.05, 3.63) is 54.4 Å². The van der Waals surface area contributed by atoms with Gasteiger partial charge in [-0.3, -0.25) is 4.72 Å². The Balaban J connectivity index is 1.60. The quantitative estimate of drug-likeness (QED) is 0.618. The number of aromatic nitrogens is 3. The van der Waals surface area contributed by atoms with E-state index in [2.05, 4.69) is 14.9 Å². The summed E-state index contributed by atoms with van der Waals surface area (Å²) >= 11 is 0. The number of benzene rings is 2. The predicted molar refractivity (Wildman–Crippen MR) is 112 cm³/mol. The first kappa shape index (κ1) is 20.5. The first-order valence-electron chi connectivity index (χ1n) is 9.26. The zero-order valence-electron chi connectivity index (χ0n) is 16.5. The monoisotopic (exact) mass is 447 g/mol. The molecule has 158 valence electrons. The third kappa shape index (κ3) is 3.71. The Hall–Kier alpha value is -2.76. The first-order valence-corrected chi connectivity index (χ1v) is 12.2. The Kier molecular flexibility index (Phi) is 5.12. The maximum absolute atomic E-state index is 12.8. The molecule has 3 aromatic rings. The van der Waals surface area contributed by atoms with Crippen LogP contribution in [0.3, 0.4) is 0 Å². The van der Waals surface area contributed by atoms with E-state index in [9.17, 15) is 16.8 Å². The van der Waals surface area contributed by atoms with Gasteiger partial charge in [-0.05, 0) is 42.8 Å². The van der Waals surface area contributed by atoms with Crippen LogP contribution in [0.2, 0.25) is 0 Å². The largest absolute Gasteiger partial charge is 0.311 e. The molecule has 0 spiro atoms. The lowest BCUT2D eigenvalue weighted by Crippen LogP contribution is -2.22. The maximum atomic E-state index is 12.8. The van der Waals surface area contributed by atoms with Gasteiger partial charge in [-0.1, -0.05) is 12.1 Å². The second-order valence-electron chi connectivity index (χ2n) is 7.14. The van der Waals surface area contributed by atoms with Gasteiger partial charge in [-0.15, -0.1) is 10.2 Å². The molecule has 0 saturated carbocycles. The van der Waals surface area contributed by atoms with Gasteiger partial charge in [-0.25, -0.2) is 21.1 Å². The third-order valence-electron chi connectivity index (χ3n) is 4.90. The smallest absolute Gasteiger partial charge is 0.261 e. The molecule has 0 bridgehead atoms. The molecule has 0 amide bonds. The summed E-state index contributed by atoms with van der Waals surface area (Å²) in [6, 6.07) is 12.1. The van der Waals surface area contributed by atoms with Gasteiger partial charge in [0.1, 0.15) is 5.82 Å². The molecule has 0 fully saturated rings. The van der Waals surface area contributed by atoms with Crippen molar-refractivity contribution in [1.29, 1.82) is 0 Å². The van der Waals surface area contributed by atoms with Gasteiger partial charge >= 0.3 is 0 Å². The molecule has 9 nitrogen and oxygen atoms in total. The lowest BCUT2D eigenvalue weighted by atomic mass is 10.2. The highest BCUT2D eigenvalue weighted by molar-refractivity contribution is 7.92. The third-order valence-corrected chi connectivity index (χ3v) is 8.12. The molecule has 0 aliphatic carbocycles. The van der Waals surface area contributed by atoms with E-state index in [4.69, 9.17) is 0 Å². The number of rotatable bonds is 6. The molecule has 2 heterocycles. The molecule has 2 aromatic carbocycles. The molecule has 1 aliphatic rings. The van der Waals surface area contributed by atoms with Crippen LogP contribution in [0.5, 0.6) is 0 Å². The van der Waals surface area contributed by atoms with Crippen molar-refractivity contribution in [2.45, 2.75) is 29.2 Å². The van der Waals surface area contributed by atoms with Gasteiger partial charge in [0.15, 0.2) is 5.82 Å². The number of nitrogens with zero attached hydrogens (tertiary/aromatic N) is 4. The van der Waals surface area contributed by atoms with Crippen molar-refractivity contribution in [1.82, 2.24) is 19.1 Å². The van der Waals surface area contributed by atoms with Gasteiger partial charge in [-0.2, -0.15) is 0 Å². The van der Waals surface area contributed by atoms with Crippen LogP contribution in [0.15, 0.2) is 58.3 Å². The van der Waals surface area contributed by atoms with Crippen LogP contribution >= 0.6 is 0 Å². The minimum Gasteiger partial charge on any atom is -0.311 e. The Bertz CT molecular complexity index is 1300. The minimum atomic E-state index is -3.89. The van der Waals surface area contributed by atoms with Crippen LogP contribution in [-0.2, 0) is 33.0 Å². The van der Waals surface area contributed by atoms with Crippen LogP contribution in [0, 0.1) is 0 Å². The lowest BCUT2D eigenvalue weighted by molar-refractivity contribution is 0.520. The van der Waals surface area contributed by atoms with E-state index < -0.39 is 20.0 Å². The highest BCUT2D eigenvalue weighted by atomic mass is 32.2. The fourth-order valence-electron chi connectivity index (χ4n) is 3.30. The maximum Gasteiger partial charge on any atom is 0.261 e. The summed E-state index contributed by atoms with van der Waals surface area (Å²) < 4.78 is 55.5. The summed E-state index contributed by atoms with van der Waals surface area (Å²) in [7, 11) is -4.69. The average Bonchev–Trinajstić information content (AvgIpc) is 3.31. The summed E-state index contributed by atoms with van der Waals surface area (Å²) in [4.78, 5) is -0.0110.